The summed E-state index contributed by atoms with van der Waals surface area (Å²) in [4.78, 5) is 27.3. The van der Waals surface area contributed by atoms with Crippen LogP contribution in [-0.2, 0) is 11.3 Å². The van der Waals surface area contributed by atoms with Gasteiger partial charge in [0.15, 0.2) is 0 Å². The third-order valence-corrected chi connectivity index (χ3v) is 4.46. The Morgan fingerprint density at radius 3 is 2.84 bits per heavy atom. The van der Waals surface area contributed by atoms with Gasteiger partial charge in [0.25, 0.3) is 0 Å². The van der Waals surface area contributed by atoms with Gasteiger partial charge in [-0.15, -0.1) is 11.3 Å². The largest absolute Gasteiger partial charge is 0.477 e. The van der Waals surface area contributed by atoms with Crippen LogP contribution in [0.5, 0.6) is 0 Å². The van der Waals surface area contributed by atoms with Crippen LogP contribution in [0.1, 0.15) is 33.7 Å². The molecule has 1 aromatic heterocycles. The van der Waals surface area contributed by atoms with Crippen molar-refractivity contribution in [3.8, 4) is 0 Å². The molecule has 3 N–H and O–H groups in total. The summed E-state index contributed by atoms with van der Waals surface area (Å²) in [6, 6.07) is 0.188. The summed E-state index contributed by atoms with van der Waals surface area (Å²) in [5, 5.41) is 15.6. The Hall–Kier alpha value is -1.47. The van der Waals surface area contributed by atoms with Gasteiger partial charge in [0.1, 0.15) is 9.88 Å². The highest BCUT2D eigenvalue weighted by atomic mass is 32.1. The van der Waals surface area contributed by atoms with Crippen LogP contribution in [0.15, 0.2) is 0 Å². The molecular formula is C12H17N3O3S. The first-order valence-corrected chi connectivity index (χ1v) is 7.01. The summed E-state index contributed by atoms with van der Waals surface area (Å²) < 4.78 is 0. The molecule has 2 heterocycles. The zero-order valence-corrected chi connectivity index (χ0v) is 11.7. The topological polar surface area (TPSA) is 91.3 Å². The van der Waals surface area contributed by atoms with Gasteiger partial charge in [-0.05, 0) is 26.8 Å². The second-order valence-electron chi connectivity index (χ2n) is 4.68. The van der Waals surface area contributed by atoms with Crippen molar-refractivity contribution in [2.24, 2.45) is 5.92 Å². The van der Waals surface area contributed by atoms with Crippen molar-refractivity contribution in [2.75, 3.05) is 6.54 Å². The van der Waals surface area contributed by atoms with E-state index in [1.807, 2.05) is 6.92 Å². The number of hydrogen-bond acceptors (Lipinski definition) is 5. The zero-order chi connectivity index (χ0) is 14.0. The van der Waals surface area contributed by atoms with Gasteiger partial charge in [0.05, 0.1) is 18.2 Å². The standard InChI is InChI=1S/C12H17N3O3S/c1-6-8(3-4-13-6)11(16)14-5-9-15-7(2)10(19-9)12(17)18/h6,8,13H,3-5H2,1-2H3,(H,14,16)(H,17,18). The molecule has 0 saturated carbocycles. The van der Waals surface area contributed by atoms with Gasteiger partial charge in [-0.1, -0.05) is 0 Å². The molecule has 1 saturated heterocycles. The van der Waals surface area contributed by atoms with Crippen LogP contribution in [0, 0.1) is 12.8 Å². The number of aromatic carboxylic acids is 1. The number of carboxylic acids is 1. The molecule has 104 valence electrons. The molecular weight excluding hydrogens is 266 g/mol. The number of carbonyl (C=O) groups excluding carboxylic acids is 1. The quantitative estimate of drug-likeness (QED) is 0.759. The summed E-state index contributed by atoms with van der Waals surface area (Å²) in [6.45, 7) is 4.81. The average molecular weight is 283 g/mol. The predicted molar refractivity (Wildman–Crippen MR) is 71.2 cm³/mol. The molecule has 0 radical (unpaired) electrons. The summed E-state index contributed by atoms with van der Waals surface area (Å²) in [5.74, 6) is -0.983. The molecule has 2 atom stereocenters. The maximum absolute atomic E-state index is 12.0. The molecule has 1 aliphatic rings. The van der Waals surface area contributed by atoms with E-state index in [0.29, 0.717) is 17.2 Å². The van der Waals surface area contributed by atoms with E-state index in [2.05, 4.69) is 15.6 Å². The maximum Gasteiger partial charge on any atom is 0.347 e. The lowest BCUT2D eigenvalue weighted by Crippen LogP contribution is -2.36. The Morgan fingerprint density at radius 1 is 1.58 bits per heavy atom. The lowest BCUT2D eigenvalue weighted by molar-refractivity contribution is -0.125. The van der Waals surface area contributed by atoms with Gasteiger partial charge in [0.2, 0.25) is 5.91 Å². The molecule has 2 rings (SSSR count). The van der Waals surface area contributed by atoms with Gasteiger partial charge < -0.3 is 15.7 Å². The normalized spacial score (nSPS) is 22.4. The van der Waals surface area contributed by atoms with Crippen molar-refractivity contribution in [3.05, 3.63) is 15.6 Å². The summed E-state index contributed by atoms with van der Waals surface area (Å²) in [6.07, 6.45) is 0.838. The summed E-state index contributed by atoms with van der Waals surface area (Å²) in [7, 11) is 0. The fraction of sp³-hybridized carbons (Fsp3) is 0.583. The minimum absolute atomic E-state index is 0.00206. The highest BCUT2D eigenvalue weighted by molar-refractivity contribution is 7.13. The molecule has 19 heavy (non-hydrogen) atoms. The van der Waals surface area contributed by atoms with Crippen LogP contribution >= 0.6 is 11.3 Å². The Morgan fingerprint density at radius 2 is 2.32 bits per heavy atom. The lowest BCUT2D eigenvalue weighted by atomic mass is 10.0. The number of hydrogen-bond donors (Lipinski definition) is 3. The molecule has 6 nitrogen and oxygen atoms in total. The van der Waals surface area contributed by atoms with Crippen LogP contribution in [-0.4, -0.2) is 34.6 Å². The molecule has 7 heteroatoms. The van der Waals surface area contributed by atoms with Crippen molar-refractivity contribution in [2.45, 2.75) is 32.9 Å². The van der Waals surface area contributed by atoms with Gasteiger partial charge in [-0.3, -0.25) is 4.79 Å². The summed E-state index contributed by atoms with van der Waals surface area (Å²) in [5.41, 5.74) is 0.498. The molecule has 0 aromatic carbocycles. The predicted octanol–water partition coefficient (Wildman–Crippen LogP) is 0.764. The van der Waals surface area contributed by atoms with Gasteiger partial charge >= 0.3 is 5.97 Å². The number of nitrogens with one attached hydrogen (secondary N) is 2. The third-order valence-electron chi connectivity index (χ3n) is 3.31. The average Bonchev–Trinajstić information content (AvgIpc) is 2.92. The number of aromatic nitrogens is 1. The van der Waals surface area contributed by atoms with E-state index in [1.54, 1.807) is 6.92 Å². The maximum atomic E-state index is 12.0. The van der Waals surface area contributed by atoms with E-state index in [0.717, 1.165) is 24.3 Å². The Balaban J connectivity index is 1.93. The lowest BCUT2D eigenvalue weighted by Gasteiger charge is -2.14. The van der Waals surface area contributed by atoms with E-state index in [-0.39, 0.29) is 22.7 Å². The highest BCUT2D eigenvalue weighted by Gasteiger charge is 2.29. The second-order valence-corrected chi connectivity index (χ2v) is 5.77. The fourth-order valence-corrected chi connectivity index (χ4v) is 3.08. The van der Waals surface area contributed by atoms with E-state index in [4.69, 9.17) is 5.11 Å². The van der Waals surface area contributed by atoms with E-state index in [1.165, 1.54) is 0 Å². The number of aryl methyl sites for hydroxylation is 1. The minimum Gasteiger partial charge on any atom is -0.477 e. The number of thiazole rings is 1. The van der Waals surface area contributed by atoms with E-state index in [9.17, 15) is 9.59 Å². The molecule has 1 amide bonds. The molecule has 1 aliphatic heterocycles. The first-order valence-electron chi connectivity index (χ1n) is 6.19. The molecule has 1 aromatic rings. The highest BCUT2D eigenvalue weighted by Crippen LogP contribution is 2.19. The molecule has 1 fully saturated rings. The molecule has 0 aliphatic carbocycles. The second kappa shape index (κ2) is 5.66. The van der Waals surface area contributed by atoms with Crippen LogP contribution < -0.4 is 10.6 Å². The van der Waals surface area contributed by atoms with Crippen molar-refractivity contribution in [3.63, 3.8) is 0 Å². The Labute approximate surface area is 115 Å². The van der Waals surface area contributed by atoms with Crippen LogP contribution in [0.3, 0.4) is 0 Å². The first-order chi connectivity index (χ1) is 8.99. The molecule has 2 unspecified atom stereocenters. The van der Waals surface area contributed by atoms with Crippen molar-refractivity contribution in [1.29, 1.82) is 0 Å². The first kappa shape index (κ1) is 14.0. The van der Waals surface area contributed by atoms with Crippen molar-refractivity contribution < 1.29 is 14.7 Å². The number of amides is 1. The van der Waals surface area contributed by atoms with Crippen molar-refractivity contribution >= 4 is 23.2 Å². The smallest absolute Gasteiger partial charge is 0.347 e. The number of nitrogens with zero attached hydrogens (tertiary/aromatic N) is 1. The molecule has 0 bridgehead atoms. The fourth-order valence-electron chi connectivity index (χ4n) is 2.24. The van der Waals surface area contributed by atoms with Crippen LogP contribution in [0.4, 0.5) is 0 Å². The number of carbonyl (C=O) groups is 2. The monoisotopic (exact) mass is 283 g/mol. The Bertz CT molecular complexity index is 500. The van der Waals surface area contributed by atoms with E-state index < -0.39 is 5.97 Å². The minimum atomic E-state index is -0.971. The van der Waals surface area contributed by atoms with Crippen LogP contribution in [0.25, 0.3) is 0 Å². The SMILES string of the molecule is Cc1nc(CNC(=O)C2CCNC2C)sc1C(=O)O. The number of rotatable bonds is 4. The van der Waals surface area contributed by atoms with Crippen LogP contribution in [0.2, 0.25) is 0 Å². The van der Waals surface area contributed by atoms with Gasteiger partial charge in [-0.25, -0.2) is 9.78 Å². The summed E-state index contributed by atoms with van der Waals surface area (Å²) >= 11 is 1.11. The molecule has 0 spiro atoms. The third kappa shape index (κ3) is 3.10. The van der Waals surface area contributed by atoms with Gasteiger partial charge in [0, 0.05) is 6.04 Å². The Kier molecular flexibility index (Phi) is 4.16. The zero-order valence-electron chi connectivity index (χ0n) is 10.9. The van der Waals surface area contributed by atoms with Gasteiger partial charge in [-0.2, -0.15) is 0 Å². The van der Waals surface area contributed by atoms with Crippen molar-refractivity contribution in [1.82, 2.24) is 15.6 Å². The van der Waals surface area contributed by atoms with E-state index >= 15 is 0 Å². The number of carboxylic acid groups (broad SMARTS) is 1.